The highest BCUT2D eigenvalue weighted by molar-refractivity contribution is 5.74. The molecule has 110 valence electrons. The Balaban J connectivity index is 1.92. The number of morpholine rings is 1. The van der Waals surface area contributed by atoms with Crippen LogP contribution in [-0.4, -0.2) is 48.8 Å². The molecule has 1 saturated carbocycles. The molecule has 0 aromatic heterocycles. The lowest BCUT2D eigenvalue weighted by Gasteiger charge is -2.39. The van der Waals surface area contributed by atoms with Crippen LogP contribution >= 0.6 is 0 Å². The van der Waals surface area contributed by atoms with Gasteiger partial charge in [-0.25, -0.2) is 0 Å². The Hall–Kier alpha value is -0.610. The number of carboxylic acids is 1. The number of nitrogens with zero attached hydrogens (tertiary/aromatic N) is 1. The van der Waals surface area contributed by atoms with Crippen LogP contribution in [0.1, 0.15) is 45.4 Å². The number of aliphatic carboxylic acids is 1. The van der Waals surface area contributed by atoms with Gasteiger partial charge in [0.2, 0.25) is 0 Å². The van der Waals surface area contributed by atoms with Crippen molar-refractivity contribution in [2.45, 2.75) is 45.4 Å². The first-order chi connectivity index (χ1) is 9.16. The number of hydrogen-bond donors (Lipinski definition) is 1. The molecule has 2 unspecified atom stereocenters. The van der Waals surface area contributed by atoms with Crippen LogP contribution in [0.3, 0.4) is 0 Å². The quantitative estimate of drug-likeness (QED) is 0.832. The van der Waals surface area contributed by atoms with Crippen molar-refractivity contribution in [2.75, 3.05) is 32.8 Å². The molecular weight excluding hydrogens is 242 g/mol. The van der Waals surface area contributed by atoms with E-state index in [-0.39, 0.29) is 0 Å². The van der Waals surface area contributed by atoms with E-state index in [1.807, 2.05) is 0 Å². The third-order valence-corrected chi connectivity index (χ3v) is 4.99. The van der Waals surface area contributed by atoms with Crippen molar-refractivity contribution >= 4 is 5.97 Å². The number of ether oxygens (including phenoxy) is 1. The van der Waals surface area contributed by atoms with Crippen molar-refractivity contribution in [2.24, 2.45) is 11.3 Å². The van der Waals surface area contributed by atoms with Gasteiger partial charge in [0.05, 0.1) is 18.6 Å². The zero-order valence-corrected chi connectivity index (χ0v) is 12.1. The molecule has 2 fully saturated rings. The molecular formula is C15H27NO3. The first kappa shape index (κ1) is 14.8. The van der Waals surface area contributed by atoms with E-state index in [1.165, 1.54) is 6.42 Å². The van der Waals surface area contributed by atoms with Crippen molar-refractivity contribution in [1.82, 2.24) is 4.90 Å². The van der Waals surface area contributed by atoms with Crippen LogP contribution in [0.25, 0.3) is 0 Å². The van der Waals surface area contributed by atoms with Gasteiger partial charge in [-0.1, -0.05) is 26.2 Å². The van der Waals surface area contributed by atoms with Crippen molar-refractivity contribution in [3.05, 3.63) is 0 Å². The number of rotatable bonds is 5. The van der Waals surface area contributed by atoms with Crippen LogP contribution < -0.4 is 0 Å². The molecule has 4 heteroatoms. The highest BCUT2D eigenvalue weighted by atomic mass is 16.5. The molecule has 1 N–H and O–H groups in total. The van der Waals surface area contributed by atoms with E-state index in [0.29, 0.717) is 5.92 Å². The SMILES string of the molecule is CCC1CCCC(CCN2CCOCC2)(C(=O)O)C1. The van der Waals surface area contributed by atoms with E-state index in [0.717, 1.165) is 65.0 Å². The smallest absolute Gasteiger partial charge is 0.309 e. The number of hydrogen-bond acceptors (Lipinski definition) is 3. The molecule has 0 spiro atoms. The summed E-state index contributed by atoms with van der Waals surface area (Å²) < 4.78 is 5.34. The number of carbonyl (C=O) groups is 1. The summed E-state index contributed by atoms with van der Waals surface area (Å²) in [5.41, 5.74) is -0.461. The van der Waals surface area contributed by atoms with Gasteiger partial charge in [0, 0.05) is 13.1 Å². The van der Waals surface area contributed by atoms with Crippen LogP contribution in [0.5, 0.6) is 0 Å². The minimum absolute atomic E-state index is 0.461. The van der Waals surface area contributed by atoms with E-state index in [1.54, 1.807) is 0 Å². The first-order valence-corrected chi connectivity index (χ1v) is 7.70. The molecule has 19 heavy (non-hydrogen) atoms. The molecule has 0 aromatic carbocycles. The van der Waals surface area contributed by atoms with Crippen LogP contribution in [0, 0.1) is 11.3 Å². The lowest BCUT2D eigenvalue weighted by atomic mass is 9.67. The Morgan fingerprint density at radius 2 is 2.16 bits per heavy atom. The first-order valence-electron chi connectivity index (χ1n) is 7.70. The summed E-state index contributed by atoms with van der Waals surface area (Å²) in [5.74, 6) is 0.0356. The second kappa shape index (κ2) is 6.71. The molecule has 2 rings (SSSR count). The van der Waals surface area contributed by atoms with E-state index in [2.05, 4.69) is 11.8 Å². The Morgan fingerprint density at radius 3 is 2.79 bits per heavy atom. The van der Waals surface area contributed by atoms with Crippen molar-refractivity contribution < 1.29 is 14.6 Å². The van der Waals surface area contributed by atoms with Crippen LogP contribution in [0.4, 0.5) is 0 Å². The zero-order chi connectivity index (χ0) is 13.7. The lowest BCUT2D eigenvalue weighted by Crippen LogP contribution is -2.42. The van der Waals surface area contributed by atoms with Gasteiger partial charge in [-0.05, 0) is 31.7 Å². The lowest BCUT2D eigenvalue weighted by molar-refractivity contribution is -0.153. The summed E-state index contributed by atoms with van der Waals surface area (Å²) >= 11 is 0. The highest BCUT2D eigenvalue weighted by Crippen LogP contribution is 2.43. The van der Waals surface area contributed by atoms with Gasteiger partial charge in [-0.15, -0.1) is 0 Å². The monoisotopic (exact) mass is 269 g/mol. The Bertz CT molecular complexity index is 302. The average molecular weight is 269 g/mol. The molecule has 4 nitrogen and oxygen atoms in total. The molecule has 1 saturated heterocycles. The van der Waals surface area contributed by atoms with Gasteiger partial charge in [0.15, 0.2) is 0 Å². The van der Waals surface area contributed by atoms with Crippen LogP contribution in [0.15, 0.2) is 0 Å². The molecule has 0 bridgehead atoms. The van der Waals surface area contributed by atoms with Crippen LogP contribution in [0.2, 0.25) is 0 Å². The predicted octanol–water partition coefficient (Wildman–Crippen LogP) is 2.38. The van der Waals surface area contributed by atoms with Crippen molar-refractivity contribution in [3.8, 4) is 0 Å². The molecule has 0 aromatic rings. The maximum absolute atomic E-state index is 11.8. The number of carboxylic acid groups (broad SMARTS) is 1. The second-order valence-electron chi connectivity index (χ2n) is 6.16. The Kier molecular flexibility index (Phi) is 5.22. The fourth-order valence-corrected chi connectivity index (χ4v) is 3.56. The van der Waals surface area contributed by atoms with E-state index < -0.39 is 11.4 Å². The maximum Gasteiger partial charge on any atom is 0.309 e. The summed E-state index contributed by atoms with van der Waals surface area (Å²) in [4.78, 5) is 14.1. The van der Waals surface area contributed by atoms with Gasteiger partial charge in [0.25, 0.3) is 0 Å². The van der Waals surface area contributed by atoms with Gasteiger partial charge in [-0.2, -0.15) is 0 Å². The topological polar surface area (TPSA) is 49.8 Å². The fraction of sp³-hybridized carbons (Fsp3) is 0.933. The fourth-order valence-electron chi connectivity index (χ4n) is 3.56. The van der Waals surface area contributed by atoms with Gasteiger partial charge < -0.3 is 9.84 Å². The second-order valence-corrected chi connectivity index (χ2v) is 6.16. The third-order valence-electron chi connectivity index (χ3n) is 4.99. The molecule has 0 amide bonds. The zero-order valence-electron chi connectivity index (χ0n) is 12.1. The van der Waals surface area contributed by atoms with E-state index >= 15 is 0 Å². The standard InChI is InChI=1S/C15H27NO3/c1-2-13-4-3-5-15(12-13,14(17)18)6-7-16-8-10-19-11-9-16/h13H,2-12H2,1H3,(H,17,18). The minimum atomic E-state index is -0.570. The van der Waals surface area contributed by atoms with Gasteiger partial charge >= 0.3 is 5.97 Å². The maximum atomic E-state index is 11.8. The minimum Gasteiger partial charge on any atom is -0.481 e. The van der Waals surface area contributed by atoms with Crippen molar-refractivity contribution in [3.63, 3.8) is 0 Å². The van der Waals surface area contributed by atoms with Gasteiger partial charge in [0.1, 0.15) is 0 Å². The molecule has 1 aliphatic carbocycles. The van der Waals surface area contributed by atoms with Gasteiger partial charge in [-0.3, -0.25) is 9.69 Å². The summed E-state index contributed by atoms with van der Waals surface area (Å²) in [5, 5.41) is 9.69. The Morgan fingerprint density at radius 1 is 1.42 bits per heavy atom. The van der Waals surface area contributed by atoms with E-state index in [4.69, 9.17) is 4.74 Å². The molecule has 1 heterocycles. The average Bonchev–Trinajstić information content (AvgIpc) is 2.46. The van der Waals surface area contributed by atoms with Crippen molar-refractivity contribution in [1.29, 1.82) is 0 Å². The summed E-state index contributed by atoms with van der Waals surface area (Å²) in [6.07, 6.45) is 5.95. The highest BCUT2D eigenvalue weighted by Gasteiger charge is 2.42. The molecule has 2 atom stereocenters. The molecule has 2 aliphatic rings. The Labute approximate surface area is 116 Å². The van der Waals surface area contributed by atoms with E-state index in [9.17, 15) is 9.90 Å². The molecule has 0 radical (unpaired) electrons. The summed E-state index contributed by atoms with van der Waals surface area (Å²) in [7, 11) is 0. The largest absolute Gasteiger partial charge is 0.481 e. The summed E-state index contributed by atoms with van der Waals surface area (Å²) in [6, 6.07) is 0. The summed E-state index contributed by atoms with van der Waals surface area (Å²) in [6.45, 7) is 6.58. The normalized spacial score (nSPS) is 33.2. The molecule has 1 aliphatic heterocycles. The third kappa shape index (κ3) is 3.69. The predicted molar refractivity (Wildman–Crippen MR) is 74.2 cm³/mol. The van der Waals surface area contributed by atoms with Crippen LogP contribution in [-0.2, 0) is 9.53 Å².